The number of H-pyrrole nitrogens is 1. The molecule has 1 atom stereocenters. The van der Waals surface area contributed by atoms with Gasteiger partial charge in [0.25, 0.3) is 0 Å². The highest BCUT2D eigenvalue weighted by Gasteiger charge is 2.19. The van der Waals surface area contributed by atoms with Crippen LogP contribution in [0.4, 0.5) is 0 Å². The standard InChI is InChI=1S/C10H10N4O/c1-6-13-10(14-15-6)8-3-5-12-9-7(8)2-4-11-9/h2-5,10,14H,1H3,(H,11,12). The van der Waals surface area contributed by atoms with E-state index >= 15 is 0 Å². The summed E-state index contributed by atoms with van der Waals surface area (Å²) in [4.78, 5) is 16.7. The topological polar surface area (TPSA) is 62.3 Å². The highest BCUT2D eigenvalue weighted by Crippen LogP contribution is 2.25. The predicted octanol–water partition coefficient (Wildman–Crippen LogP) is 1.51. The molecule has 0 saturated carbocycles. The lowest BCUT2D eigenvalue weighted by Gasteiger charge is -2.07. The largest absolute Gasteiger partial charge is 0.391 e. The predicted molar refractivity (Wildman–Crippen MR) is 56.2 cm³/mol. The maximum atomic E-state index is 5.11. The third kappa shape index (κ3) is 1.28. The first-order chi connectivity index (χ1) is 7.34. The van der Waals surface area contributed by atoms with Crippen LogP contribution in [0.1, 0.15) is 18.7 Å². The zero-order valence-corrected chi connectivity index (χ0v) is 8.19. The fourth-order valence-electron chi connectivity index (χ4n) is 1.73. The number of hydrogen-bond acceptors (Lipinski definition) is 4. The van der Waals surface area contributed by atoms with E-state index in [1.54, 1.807) is 6.20 Å². The highest BCUT2D eigenvalue weighted by atomic mass is 16.7. The van der Waals surface area contributed by atoms with Crippen molar-refractivity contribution in [1.82, 2.24) is 15.4 Å². The maximum Gasteiger partial charge on any atom is 0.208 e. The van der Waals surface area contributed by atoms with Crippen LogP contribution in [0.15, 0.2) is 29.5 Å². The van der Waals surface area contributed by atoms with E-state index in [2.05, 4.69) is 20.4 Å². The molecule has 0 spiro atoms. The van der Waals surface area contributed by atoms with Crippen LogP contribution in [0.2, 0.25) is 0 Å². The number of aromatic amines is 1. The minimum absolute atomic E-state index is 0.133. The van der Waals surface area contributed by atoms with Crippen molar-refractivity contribution in [2.24, 2.45) is 4.99 Å². The van der Waals surface area contributed by atoms with Crippen molar-refractivity contribution in [3.8, 4) is 0 Å². The Hall–Kier alpha value is -1.88. The summed E-state index contributed by atoms with van der Waals surface area (Å²) in [5.41, 5.74) is 4.80. The van der Waals surface area contributed by atoms with Gasteiger partial charge in [-0.05, 0) is 12.1 Å². The van der Waals surface area contributed by atoms with Crippen LogP contribution in [0.25, 0.3) is 11.0 Å². The van der Waals surface area contributed by atoms with Crippen LogP contribution in [0.5, 0.6) is 0 Å². The molecule has 76 valence electrons. The molecule has 2 aromatic rings. The Morgan fingerprint density at radius 1 is 1.40 bits per heavy atom. The molecule has 0 bridgehead atoms. The lowest BCUT2D eigenvalue weighted by molar-refractivity contribution is 0.179. The summed E-state index contributed by atoms with van der Waals surface area (Å²) in [7, 11) is 0. The maximum absolute atomic E-state index is 5.11. The fourth-order valence-corrected chi connectivity index (χ4v) is 1.73. The fraction of sp³-hybridized carbons (Fsp3) is 0.200. The molecule has 0 aromatic carbocycles. The molecule has 1 aliphatic heterocycles. The number of nitrogens with one attached hydrogen (secondary N) is 2. The van der Waals surface area contributed by atoms with Crippen LogP contribution in [0.3, 0.4) is 0 Å². The van der Waals surface area contributed by atoms with E-state index < -0.39 is 0 Å². The van der Waals surface area contributed by atoms with Crippen LogP contribution in [-0.4, -0.2) is 15.9 Å². The summed E-state index contributed by atoms with van der Waals surface area (Å²) in [5, 5.41) is 1.07. The van der Waals surface area contributed by atoms with Gasteiger partial charge in [0.05, 0.1) is 0 Å². The van der Waals surface area contributed by atoms with Crippen LogP contribution < -0.4 is 5.48 Å². The number of pyridine rings is 1. The number of hydrogen-bond donors (Lipinski definition) is 2. The molecular weight excluding hydrogens is 192 g/mol. The number of nitrogens with zero attached hydrogens (tertiary/aromatic N) is 2. The molecule has 5 heteroatoms. The molecule has 0 amide bonds. The van der Waals surface area contributed by atoms with E-state index in [4.69, 9.17) is 4.84 Å². The lowest BCUT2D eigenvalue weighted by Crippen LogP contribution is -2.13. The van der Waals surface area contributed by atoms with Gasteiger partial charge in [-0.1, -0.05) is 0 Å². The van der Waals surface area contributed by atoms with Gasteiger partial charge in [-0.15, -0.1) is 5.48 Å². The van der Waals surface area contributed by atoms with E-state index in [0.29, 0.717) is 5.90 Å². The second kappa shape index (κ2) is 3.06. The molecular formula is C10H10N4O. The smallest absolute Gasteiger partial charge is 0.208 e. The van der Waals surface area contributed by atoms with Gasteiger partial charge in [0, 0.05) is 30.3 Å². The molecule has 2 N–H and O–H groups in total. The van der Waals surface area contributed by atoms with Crippen LogP contribution in [-0.2, 0) is 4.84 Å². The van der Waals surface area contributed by atoms with Crippen molar-refractivity contribution >= 4 is 16.9 Å². The third-order valence-electron chi connectivity index (χ3n) is 2.42. The zero-order valence-electron chi connectivity index (χ0n) is 8.19. The molecule has 3 rings (SSSR count). The van der Waals surface area contributed by atoms with Gasteiger partial charge < -0.3 is 9.82 Å². The Morgan fingerprint density at radius 3 is 3.13 bits per heavy atom. The lowest BCUT2D eigenvalue weighted by atomic mass is 10.1. The van der Waals surface area contributed by atoms with Gasteiger partial charge in [-0.2, -0.15) is 0 Å². The van der Waals surface area contributed by atoms with Crippen molar-refractivity contribution in [2.75, 3.05) is 0 Å². The molecule has 3 heterocycles. The monoisotopic (exact) mass is 202 g/mol. The molecule has 5 nitrogen and oxygen atoms in total. The normalized spacial score (nSPS) is 20.3. The second-order valence-electron chi connectivity index (χ2n) is 3.41. The molecule has 2 aromatic heterocycles. The van der Waals surface area contributed by atoms with Gasteiger partial charge in [0.2, 0.25) is 5.90 Å². The SMILES string of the molecule is CC1=NC(c2ccnc3[nH]ccc23)NO1. The van der Waals surface area contributed by atoms with Crippen molar-refractivity contribution in [2.45, 2.75) is 13.1 Å². The van der Waals surface area contributed by atoms with Crippen LogP contribution in [0, 0.1) is 0 Å². The minimum Gasteiger partial charge on any atom is -0.391 e. The number of fused-ring (bicyclic) bond motifs is 1. The molecule has 15 heavy (non-hydrogen) atoms. The molecule has 1 unspecified atom stereocenters. The summed E-state index contributed by atoms with van der Waals surface area (Å²) in [6.45, 7) is 1.82. The van der Waals surface area contributed by atoms with Gasteiger partial charge >= 0.3 is 0 Å². The van der Waals surface area contributed by atoms with Crippen molar-refractivity contribution in [3.63, 3.8) is 0 Å². The average Bonchev–Trinajstić information content (AvgIpc) is 2.84. The Kier molecular flexibility index (Phi) is 1.72. The first-order valence-electron chi connectivity index (χ1n) is 4.73. The van der Waals surface area contributed by atoms with Gasteiger partial charge in [0.15, 0.2) is 6.17 Å². The first kappa shape index (κ1) is 8.43. The molecule has 0 saturated heterocycles. The molecule has 0 aliphatic carbocycles. The molecule has 0 radical (unpaired) electrons. The van der Waals surface area contributed by atoms with Gasteiger partial charge in [0.1, 0.15) is 5.65 Å². The third-order valence-corrected chi connectivity index (χ3v) is 2.42. The summed E-state index contributed by atoms with van der Waals surface area (Å²) in [6, 6.07) is 3.93. The first-order valence-corrected chi connectivity index (χ1v) is 4.73. The number of aliphatic imine (C=N–C) groups is 1. The van der Waals surface area contributed by atoms with E-state index in [9.17, 15) is 0 Å². The molecule has 1 aliphatic rings. The summed E-state index contributed by atoms with van der Waals surface area (Å²) >= 11 is 0. The summed E-state index contributed by atoms with van der Waals surface area (Å²) in [6.07, 6.45) is 3.50. The number of rotatable bonds is 1. The quantitative estimate of drug-likeness (QED) is 0.736. The minimum atomic E-state index is -0.133. The Bertz CT molecular complexity index is 531. The van der Waals surface area contributed by atoms with Gasteiger partial charge in [-0.3, -0.25) is 0 Å². The zero-order chi connectivity index (χ0) is 10.3. The number of hydroxylamine groups is 1. The van der Waals surface area contributed by atoms with E-state index in [0.717, 1.165) is 16.6 Å². The van der Waals surface area contributed by atoms with Crippen LogP contribution >= 0.6 is 0 Å². The summed E-state index contributed by atoms with van der Waals surface area (Å²) in [5.74, 6) is 0.653. The summed E-state index contributed by atoms with van der Waals surface area (Å²) < 4.78 is 0. The van der Waals surface area contributed by atoms with Crippen molar-refractivity contribution in [3.05, 3.63) is 30.1 Å². The van der Waals surface area contributed by atoms with Crippen molar-refractivity contribution in [1.29, 1.82) is 0 Å². The second-order valence-corrected chi connectivity index (χ2v) is 3.41. The Morgan fingerprint density at radius 2 is 2.33 bits per heavy atom. The van der Waals surface area contributed by atoms with Gasteiger partial charge in [-0.25, -0.2) is 9.98 Å². The van der Waals surface area contributed by atoms with Crippen molar-refractivity contribution < 1.29 is 4.84 Å². The molecule has 0 fully saturated rings. The van der Waals surface area contributed by atoms with E-state index in [1.165, 1.54) is 0 Å². The van der Waals surface area contributed by atoms with E-state index in [-0.39, 0.29) is 6.17 Å². The Balaban J connectivity index is 2.14. The Labute approximate surface area is 86.1 Å². The average molecular weight is 202 g/mol. The van der Waals surface area contributed by atoms with E-state index in [1.807, 2.05) is 25.3 Å². The number of aromatic nitrogens is 2. The highest BCUT2D eigenvalue weighted by molar-refractivity contribution is 5.81.